The molecule has 1 rings (SSSR count). The maximum Gasteiger partial charge on any atom is 0.292 e. The molecular formula is C11H16N2O3S. The van der Waals surface area contributed by atoms with E-state index in [1.54, 1.807) is 23.9 Å². The Balaban J connectivity index is 2.56. The minimum absolute atomic E-state index is 0.0533. The molecule has 0 radical (unpaired) electrons. The molecule has 0 aromatic heterocycles. The molecule has 0 heterocycles. The topological polar surface area (TPSA) is 89.4 Å². The average Bonchev–Trinajstić information content (AvgIpc) is 2.28. The van der Waals surface area contributed by atoms with Crippen molar-refractivity contribution in [2.75, 3.05) is 18.1 Å². The summed E-state index contributed by atoms with van der Waals surface area (Å²) in [7, 11) is 0. The number of benzene rings is 1. The maximum absolute atomic E-state index is 10.6. The standard InChI is InChI=1S/C11H16N2O3S/c1-8(5-14)6-17-7-9-2-3-11(13(15)16)10(12)4-9/h2-4,8,14H,5-7,12H2,1H3. The van der Waals surface area contributed by atoms with E-state index in [2.05, 4.69) is 0 Å². The summed E-state index contributed by atoms with van der Waals surface area (Å²) >= 11 is 1.68. The van der Waals surface area contributed by atoms with E-state index in [0.717, 1.165) is 17.1 Å². The van der Waals surface area contributed by atoms with Gasteiger partial charge in [0, 0.05) is 18.4 Å². The Morgan fingerprint density at radius 2 is 2.29 bits per heavy atom. The SMILES string of the molecule is CC(CO)CSCc1ccc([N+](=O)[O-])c(N)c1. The third-order valence-electron chi connectivity index (χ3n) is 2.27. The predicted molar refractivity (Wildman–Crippen MR) is 69.9 cm³/mol. The van der Waals surface area contributed by atoms with Gasteiger partial charge in [0.05, 0.1) is 4.92 Å². The van der Waals surface area contributed by atoms with Crippen LogP contribution in [0, 0.1) is 16.0 Å². The van der Waals surface area contributed by atoms with Gasteiger partial charge in [0.25, 0.3) is 5.69 Å². The van der Waals surface area contributed by atoms with Gasteiger partial charge in [0.15, 0.2) is 0 Å². The van der Waals surface area contributed by atoms with Crippen LogP contribution in [0.3, 0.4) is 0 Å². The lowest BCUT2D eigenvalue weighted by molar-refractivity contribution is -0.383. The van der Waals surface area contributed by atoms with E-state index in [1.807, 2.05) is 6.92 Å². The summed E-state index contributed by atoms with van der Waals surface area (Å²) in [6.07, 6.45) is 0. The molecule has 0 aliphatic rings. The van der Waals surface area contributed by atoms with E-state index in [1.165, 1.54) is 6.07 Å². The molecule has 0 aliphatic carbocycles. The number of hydrogen-bond acceptors (Lipinski definition) is 5. The van der Waals surface area contributed by atoms with Crippen molar-refractivity contribution in [3.63, 3.8) is 0 Å². The second-order valence-electron chi connectivity index (χ2n) is 3.95. The van der Waals surface area contributed by atoms with Crippen LogP contribution in [0.2, 0.25) is 0 Å². The highest BCUT2D eigenvalue weighted by Crippen LogP contribution is 2.24. The highest BCUT2D eigenvalue weighted by atomic mass is 32.2. The van der Waals surface area contributed by atoms with Crippen LogP contribution < -0.4 is 5.73 Å². The summed E-state index contributed by atoms with van der Waals surface area (Å²) < 4.78 is 0. The zero-order chi connectivity index (χ0) is 12.8. The minimum Gasteiger partial charge on any atom is -0.396 e. The number of nitrogens with zero attached hydrogens (tertiary/aromatic N) is 1. The normalized spacial score (nSPS) is 12.4. The van der Waals surface area contributed by atoms with Gasteiger partial charge in [-0.05, 0) is 23.3 Å². The number of nitro benzene ring substituents is 1. The van der Waals surface area contributed by atoms with Crippen molar-refractivity contribution in [3.05, 3.63) is 33.9 Å². The molecule has 0 fully saturated rings. The Kier molecular flexibility index (Phi) is 5.24. The third-order valence-corrected chi connectivity index (χ3v) is 3.61. The zero-order valence-electron chi connectivity index (χ0n) is 9.63. The van der Waals surface area contributed by atoms with Gasteiger partial charge in [0.2, 0.25) is 0 Å². The number of rotatable bonds is 6. The van der Waals surface area contributed by atoms with Gasteiger partial charge >= 0.3 is 0 Å². The maximum atomic E-state index is 10.6. The number of nitrogens with two attached hydrogens (primary N) is 1. The first-order chi connectivity index (χ1) is 8.04. The molecule has 5 nitrogen and oxygen atoms in total. The fourth-order valence-corrected chi connectivity index (χ4v) is 2.33. The Morgan fingerprint density at radius 3 is 2.82 bits per heavy atom. The molecule has 1 unspecified atom stereocenters. The van der Waals surface area contributed by atoms with E-state index in [9.17, 15) is 10.1 Å². The van der Waals surface area contributed by atoms with E-state index >= 15 is 0 Å². The second-order valence-corrected chi connectivity index (χ2v) is 4.98. The lowest BCUT2D eigenvalue weighted by Gasteiger charge is -2.07. The van der Waals surface area contributed by atoms with Crippen molar-refractivity contribution in [1.82, 2.24) is 0 Å². The first kappa shape index (κ1) is 13.8. The fraction of sp³-hybridized carbons (Fsp3) is 0.455. The van der Waals surface area contributed by atoms with E-state index in [-0.39, 0.29) is 23.9 Å². The molecule has 6 heteroatoms. The smallest absolute Gasteiger partial charge is 0.292 e. The van der Waals surface area contributed by atoms with Gasteiger partial charge in [-0.25, -0.2) is 0 Å². The third kappa shape index (κ3) is 4.24. The monoisotopic (exact) mass is 256 g/mol. The summed E-state index contributed by atoms with van der Waals surface area (Å²) in [5.74, 6) is 1.86. The average molecular weight is 256 g/mol. The van der Waals surface area contributed by atoms with Gasteiger partial charge in [0.1, 0.15) is 5.69 Å². The first-order valence-corrected chi connectivity index (χ1v) is 6.41. The number of nitro groups is 1. The summed E-state index contributed by atoms with van der Waals surface area (Å²) in [5.41, 5.74) is 6.69. The van der Waals surface area contributed by atoms with Crippen LogP contribution in [-0.2, 0) is 5.75 Å². The van der Waals surface area contributed by atoms with Crippen molar-refractivity contribution >= 4 is 23.1 Å². The van der Waals surface area contributed by atoms with Crippen LogP contribution in [-0.4, -0.2) is 22.4 Å². The lowest BCUT2D eigenvalue weighted by Crippen LogP contribution is -2.03. The Bertz CT molecular complexity index is 398. The molecule has 1 aromatic rings. The summed E-state index contributed by atoms with van der Waals surface area (Å²) in [5, 5.41) is 19.4. The van der Waals surface area contributed by atoms with Gasteiger partial charge in [-0.15, -0.1) is 0 Å². The molecule has 0 bridgehead atoms. The van der Waals surface area contributed by atoms with Crippen molar-refractivity contribution in [1.29, 1.82) is 0 Å². The molecule has 0 amide bonds. The zero-order valence-corrected chi connectivity index (χ0v) is 10.4. The van der Waals surface area contributed by atoms with Gasteiger partial charge in [-0.2, -0.15) is 11.8 Å². The molecule has 1 atom stereocenters. The molecule has 1 aromatic carbocycles. The van der Waals surface area contributed by atoms with Crippen LogP contribution in [0.5, 0.6) is 0 Å². The molecule has 0 saturated heterocycles. The number of anilines is 1. The van der Waals surface area contributed by atoms with Crippen molar-refractivity contribution in [2.45, 2.75) is 12.7 Å². The number of thioether (sulfide) groups is 1. The Hall–Kier alpha value is -1.27. The minimum atomic E-state index is -0.486. The van der Waals surface area contributed by atoms with Crippen LogP contribution >= 0.6 is 11.8 Å². The van der Waals surface area contributed by atoms with Crippen LogP contribution in [0.15, 0.2) is 18.2 Å². The van der Waals surface area contributed by atoms with E-state index in [4.69, 9.17) is 10.8 Å². The number of hydrogen-bond donors (Lipinski definition) is 2. The first-order valence-electron chi connectivity index (χ1n) is 5.26. The Morgan fingerprint density at radius 1 is 1.59 bits per heavy atom. The molecule has 94 valence electrons. The second kappa shape index (κ2) is 6.46. The molecule has 0 aliphatic heterocycles. The summed E-state index contributed by atoms with van der Waals surface area (Å²) in [6, 6.07) is 4.78. The molecule has 0 spiro atoms. The van der Waals surface area contributed by atoms with Crippen LogP contribution in [0.1, 0.15) is 12.5 Å². The summed E-state index contributed by atoms with van der Waals surface area (Å²) in [6.45, 7) is 2.15. The molecular weight excluding hydrogens is 240 g/mol. The van der Waals surface area contributed by atoms with Gasteiger partial charge < -0.3 is 10.8 Å². The molecule has 17 heavy (non-hydrogen) atoms. The van der Waals surface area contributed by atoms with Crippen LogP contribution in [0.25, 0.3) is 0 Å². The summed E-state index contributed by atoms with van der Waals surface area (Å²) in [4.78, 5) is 10.1. The lowest BCUT2D eigenvalue weighted by atomic mass is 10.2. The highest BCUT2D eigenvalue weighted by Gasteiger charge is 2.11. The highest BCUT2D eigenvalue weighted by molar-refractivity contribution is 7.98. The number of nitrogen functional groups attached to an aromatic ring is 1. The fourth-order valence-electron chi connectivity index (χ4n) is 1.29. The largest absolute Gasteiger partial charge is 0.396 e. The van der Waals surface area contributed by atoms with Gasteiger partial charge in [-0.1, -0.05) is 13.0 Å². The quantitative estimate of drug-likeness (QED) is 0.462. The van der Waals surface area contributed by atoms with Crippen molar-refractivity contribution < 1.29 is 10.0 Å². The van der Waals surface area contributed by atoms with Crippen LogP contribution in [0.4, 0.5) is 11.4 Å². The van der Waals surface area contributed by atoms with Crippen molar-refractivity contribution in [2.24, 2.45) is 5.92 Å². The molecule has 3 N–H and O–H groups in total. The van der Waals surface area contributed by atoms with Gasteiger partial charge in [-0.3, -0.25) is 10.1 Å². The van der Waals surface area contributed by atoms with E-state index < -0.39 is 4.92 Å². The number of aliphatic hydroxyl groups is 1. The van der Waals surface area contributed by atoms with E-state index in [0.29, 0.717) is 0 Å². The Labute approximate surface area is 104 Å². The van der Waals surface area contributed by atoms with Crippen molar-refractivity contribution in [3.8, 4) is 0 Å². The molecule has 0 saturated carbocycles. The predicted octanol–water partition coefficient (Wildman–Crippen LogP) is 2.04. The number of aliphatic hydroxyl groups excluding tert-OH is 1.